The molecule has 1 aromatic heterocycles. The minimum Gasteiger partial charge on any atom is -0.337 e. The summed E-state index contributed by atoms with van der Waals surface area (Å²) in [7, 11) is 1.79. The summed E-state index contributed by atoms with van der Waals surface area (Å²) < 4.78 is 29.2. The molecule has 128 valence electrons. The largest absolute Gasteiger partial charge is 0.337 e. The monoisotopic (exact) mass is 333 g/mol. The summed E-state index contributed by atoms with van der Waals surface area (Å²) in [6, 6.07) is 3.96. The minimum atomic E-state index is -0.492. The zero-order valence-corrected chi connectivity index (χ0v) is 13.7. The SMILES string of the molecule is Cn1cncc1C(=O)N1CCC[C@@H](CCc2c(F)cccc2F)C1. The Morgan fingerprint density at radius 2 is 2.08 bits per heavy atom. The van der Waals surface area contributed by atoms with E-state index in [4.69, 9.17) is 0 Å². The van der Waals surface area contributed by atoms with Crippen LogP contribution in [0.5, 0.6) is 0 Å². The Morgan fingerprint density at radius 3 is 2.75 bits per heavy atom. The lowest BCUT2D eigenvalue weighted by Gasteiger charge is -2.32. The van der Waals surface area contributed by atoms with E-state index in [0.29, 0.717) is 31.6 Å². The molecule has 6 heteroatoms. The summed E-state index contributed by atoms with van der Waals surface area (Å²) in [5.41, 5.74) is 0.711. The number of carbonyl (C=O) groups excluding carboxylic acids is 1. The standard InChI is InChI=1S/C18H21F2N3O/c1-22-12-21-10-17(22)18(24)23-9-3-4-13(11-23)7-8-14-15(19)5-2-6-16(14)20/h2,5-6,10,12-13H,3-4,7-9,11H2,1H3/t13-/m0/s1. The van der Waals surface area contributed by atoms with Gasteiger partial charge in [-0.1, -0.05) is 6.07 Å². The van der Waals surface area contributed by atoms with Gasteiger partial charge in [-0.2, -0.15) is 0 Å². The molecule has 1 aromatic carbocycles. The van der Waals surface area contributed by atoms with E-state index in [1.165, 1.54) is 18.2 Å². The first kappa shape index (κ1) is 16.6. The number of nitrogens with zero attached hydrogens (tertiary/aromatic N) is 3. The molecule has 0 saturated carbocycles. The van der Waals surface area contributed by atoms with E-state index >= 15 is 0 Å². The fourth-order valence-corrected chi connectivity index (χ4v) is 3.33. The van der Waals surface area contributed by atoms with Crippen LogP contribution in [-0.4, -0.2) is 33.4 Å². The maximum Gasteiger partial charge on any atom is 0.272 e. The van der Waals surface area contributed by atoms with Crippen LogP contribution in [0.2, 0.25) is 0 Å². The first-order valence-corrected chi connectivity index (χ1v) is 8.24. The van der Waals surface area contributed by atoms with Crippen LogP contribution in [0.1, 0.15) is 35.3 Å². The summed E-state index contributed by atoms with van der Waals surface area (Å²) in [5, 5.41) is 0. The van der Waals surface area contributed by atoms with Gasteiger partial charge >= 0.3 is 0 Å². The zero-order chi connectivity index (χ0) is 17.1. The summed E-state index contributed by atoms with van der Waals surface area (Å²) >= 11 is 0. The number of rotatable bonds is 4. The number of aryl methyl sites for hydroxylation is 1. The minimum absolute atomic E-state index is 0.0308. The molecule has 1 amide bonds. The van der Waals surface area contributed by atoms with Crippen molar-refractivity contribution >= 4 is 5.91 Å². The molecular weight excluding hydrogens is 312 g/mol. The van der Waals surface area contributed by atoms with Crippen LogP contribution in [0.25, 0.3) is 0 Å². The number of halogens is 2. The molecule has 0 aliphatic carbocycles. The van der Waals surface area contributed by atoms with E-state index < -0.39 is 11.6 Å². The molecule has 0 N–H and O–H groups in total. The van der Waals surface area contributed by atoms with Crippen LogP contribution in [0.15, 0.2) is 30.7 Å². The van der Waals surface area contributed by atoms with Crippen molar-refractivity contribution in [3.63, 3.8) is 0 Å². The molecule has 2 heterocycles. The van der Waals surface area contributed by atoms with Crippen LogP contribution in [0, 0.1) is 17.6 Å². The highest BCUT2D eigenvalue weighted by molar-refractivity contribution is 5.92. The number of imidazole rings is 1. The van der Waals surface area contributed by atoms with Crippen molar-refractivity contribution in [2.24, 2.45) is 13.0 Å². The number of hydrogen-bond acceptors (Lipinski definition) is 2. The molecule has 0 bridgehead atoms. The number of carbonyl (C=O) groups is 1. The Labute approximate surface area is 140 Å². The van der Waals surface area contributed by atoms with Crippen molar-refractivity contribution in [3.05, 3.63) is 53.6 Å². The molecular formula is C18H21F2N3O. The van der Waals surface area contributed by atoms with Gasteiger partial charge in [-0.15, -0.1) is 0 Å². The van der Waals surface area contributed by atoms with Crippen LogP contribution in [0.3, 0.4) is 0 Å². The highest BCUT2D eigenvalue weighted by Gasteiger charge is 2.26. The molecule has 1 atom stereocenters. The van der Waals surface area contributed by atoms with Gasteiger partial charge < -0.3 is 9.47 Å². The maximum atomic E-state index is 13.7. The van der Waals surface area contributed by atoms with Crippen LogP contribution < -0.4 is 0 Å². The Balaban J connectivity index is 1.62. The van der Waals surface area contributed by atoms with Crippen molar-refractivity contribution in [2.75, 3.05) is 13.1 Å². The second kappa shape index (κ2) is 7.11. The van der Waals surface area contributed by atoms with Gasteiger partial charge in [-0.3, -0.25) is 4.79 Å². The van der Waals surface area contributed by atoms with Crippen LogP contribution in [0.4, 0.5) is 8.78 Å². The van der Waals surface area contributed by atoms with Gasteiger partial charge in [0, 0.05) is 25.7 Å². The van der Waals surface area contributed by atoms with Gasteiger partial charge in [-0.05, 0) is 43.7 Å². The Kier molecular flexibility index (Phi) is 4.92. The molecule has 24 heavy (non-hydrogen) atoms. The van der Waals surface area contributed by atoms with E-state index in [0.717, 1.165) is 12.8 Å². The lowest BCUT2D eigenvalue weighted by molar-refractivity contribution is 0.0658. The highest BCUT2D eigenvalue weighted by atomic mass is 19.1. The average Bonchev–Trinajstić information content (AvgIpc) is 3.00. The summed E-state index contributed by atoms with van der Waals surface area (Å²) in [5.74, 6) is -0.756. The average molecular weight is 333 g/mol. The fourth-order valence-electron chi connectivity index (χ4n) is 3.33. The van der Waals surface area contributed by atoms with Gasteiger partial charge in [0.1, 0.15) is 17.3 Å². The van der Waals surface area contributed by atoms with Gasteiger partial charge in [0.15, 0.2) is 0 Å². The second-order valence-electron chi connectivity index (χ2n) is 6.39. The van der Waals surface area contributed by atoms with Crippen LogP contribution in [-0.2, 0) is 13.5 Å². The normalized spacial score (nSPS) is 18.0. The lowest BCUT2D eigenvalue weighted by atomic mass is 9.91. The van der Waals surface area contributed by atoms with E-state index in [-0.39, 0.29) is 17.4 Å². The molecule has 1 aliphatic rings. The number of likely N-dealkylation sites (tertiary alicyclic amines) is 1. The number of hydrogen-bond donors (Lipinski definition) is 0. The third-order valence-electron chi connectivity index (χ3n) is 4.71. The summed E-state index contributed by atoms with van der Waals surface area (Å²) in [4.78, 5) is 18.4. The maximum absolute atomic E-state index is 13.7. The molecule has 4 nitrogen and oxygen atoms in total. The third kappa shape index (κ3) is 3.47. The lowest BCUT2D eigenvalue weighted by Crippen LogP contribution is -2.40. The molecule has 3 rings (SSSR count). The van der Waals surface area contributed by atoms with E-state index in [1.54, 1.807) is 24.1 Å². The summed E-state index contributed by atoms with van der Waals surface area (Å²) in [6.45, 7) is 1.34. The Bertz CT molecular complexity index is 709. The van der Waals surface area contributed by atoms with Gasteiger partial charge in [-0.25, -0.2) is 13.8 Å². The van der Waals surface area contributed by atoms with Crippen molar-refractivity contribution in [1.82, 2.24) is 14.5 Å². The molecule has 1 aliphatic heterocycles. The summed E-state index contributed by atoms with van der Waals surface area (Å²) in [6.07, 6.45) is 6.10. The highest BCUT2D eigenvalue weighted by Crippen LogP contribution is 2.24. The predicted octanol–water partition coefficient (Wildman–Crippen LogP) is 3.18. The number of benzene rings is 1. The topological polar surface area (TPSA) is 38.1 Å². The Hall–Kier alpha value is -2.24. The smallest absolute Gasteiger partial charge is 0.272 e. The molecule has 1 fully saturated rings. The first-order chi connectivity index (χ1) is 11.6. The van der Waals surface area contributed by atoms with Gasteiger partial charge in [0.2, 0.25) is 0 Å². The van der Waals surface area contributed by atoms with Gasteiger partial charge in [0.25, 0.3) is 5.91 Å². The van der Waals surface area contributed by atoms with Crippen molar-refractivity contribution in [1.29, 1.82) is 0 Å². The predicted molar refractivity (Wildman–Crippen MR) is 86.5 cm³/mol. The zero-order valence-electron chi connectivity index (χ0n) is 13.7. The van der Waals surface area contributed by atoms with E-state index in [1.807, 2.05) is 4.90 Å². The van der Waals surface area contributed by atoms with E-state index in [9.17, 15) is 13.6 Å². The van der Waals surface area contributed by atoms with Crippen molar-refractivity contribution < 1.29 is 13.6 Å². The molecule has 0 radical (unpaired) electrons. The van der Waals surface area contributed by atoms with Crippen LogP contribution >= 0.6 is 0 Å². The number of piperidine rings is 1. The fraction of sp³-hybridized carbons (Fsp3) is 0.444. The number of amides is 1. The molecule has 2 aromatic rings. The quantitative estimate of drug-likeness (QED) is 0.862. The van der Waals surface area contributed by atoms with Gasteiger partial charge in [0.05, 0.1) is 12.5 Å². The van der Waals surface area contributed by atoms with Crippen molar-refractivity contribution in [3.8, 4) is 0 Å². The third-order valence-corrected chi connectivity index (χ3v) is 4.71. The van der Waals surface area contributed by atoms with Crippen molar-refractivity contribution in [2.45, 2.75) is 25.7 Å². The molecule has 1 saturated heterocycles. The second-order valence-corrected chi connectivity index (χ2v) is 6.39. The first-order valence-electron chi connectivity index (χ1n) is 8.24. The van der Waals surface area contributed by atoms with E-state index in [2.05, 4.69) is 4.98 Å². The molecule has 0 unspecified atom stereocenters. The number of aromatic nitrogens is 2. The molecule has 0 spiro atoms. The Morgan fingerprint density at radius 1 is 1.33 bits per heavy atom.